The summed E-state index contributed by atoms with van der Waals surface area (Å²) in [5.41, 5.74) is 0. The summed E-state index contributed by atoms with van der Waals surface area (Å²) in [5, 5.41) is 9.96. The van der Waals surface area contributed by atoms with Crippen molar-refractivity contribution in [1.29, 1.82) is 0 Å². The van der Waals surface area contributed by atoms with Gasteiger partial charge in [-0.25, -0.2) is 4.98 Å². The smallest absolute Gasteiger partial charge is 0.191 e. The van der Waals surface area contributed by atoms with Crippen molar-refractivity contribution < 1.29 is 4.42 Å². The molecule has 1 atom stereocenters. The number of guanidine groups is 1. The molecule has 0 fully saturated rings. The van der Waals surface area contributed by atoms with Crippen LogP contribution in [0.3, 0.4) is 0 Å². The van der Waals surface area contributed by atoms with Gasteiger partial charge in [-0.3, -0.25) is 4.99 Å². The summed E-state index contributed by atoms with van der Waals surface area (Å²) in [6, 6.07) is 3.90. The summed E-state index contributed by atoms with van der Waals surface area (Å²) in [5.74, 6) is 2.74. The predicted molar refractivity (Wildman–Crippen MR) is 112 cm³/mol. The maximum atomic E-state index is 5.35. The highest BCUT2D eigenvalue weighted by Crippen LogP contribution is 2.16. The van der Waals surface area contributed by atoms with Crippen molar-refractivity contribution >= 4 is 41.3 Å². The van der Waals surface area contributed by atoms with Crippen molar-refractivity contribution in [3.05, 3.63) is 40.7 Å². The SMILES string of the molecule is CC(C)CN=C(NCCc1ccco1)NCC(C)c1nccs1.I. The van der Waals surface area contributed by atoms with Crippen LogP contribution in [0.5, 0.6) is 0 Å². The van der Waals surface area contributed by atoms with Crippen molar-refractivity contribution in [3.63, 3.8) is 0 Å². The Morgan fingerprint density at radius 3 is 2.79 bits per heavy atom. The largest absolute Gasteiger partial charge is 0.469 e. The zero-order chi connectivity index (χ0) is 16.5. The van der Waals surface area contributed by atoms with E-state index in [2.05, 4.69) is 41.4 Å². The highest BCUT2D eigenvalue weighted by atomic mass is 127. The van der Waals surface area contributed by atoms with Crippen LogP contribution in [0.1, 0.15) is 37.5 Å². The van der Waals surface area contributed by atoms with Gasteiger partial charge < -0.3 is 15.1 Å². The molecular weight excluding hydrogens is 435 g/mol. The first kappa shape index (κ1) is 21.0. The second kappa shape index (κ2) is 11.5. The van der Waals surface area contributed by atoms with Gasteiger partial charge in [0.25, 0.3) is 0 Å². The Hall–Kier alpha value is -1.09. The molecule has 0 amide bonds. The van der Waals surface area contributed by atoms with Crippen LogP contribution in [0.4, 0.5) is 0 Å². The fourth-order valence-electron chi connectivity index (χ4n) is 2.02. The summed E-state index contributed by atoms with van der Waals surface area (Å²) in [6.45, 7) is 8.93. The number of hydrogen-bond donors (Lipinski definition) is 2. The molecule has 0 aromatic carbocycles. The molecule has 0 saturated heterocycles. The van der Waals surface area contributed by atoms with Crippen molar-refractivity contribution in [3.8, 4) is 0 Å². The molecule has 2 rings (SSSR count). The number of thiazole rings is 1. The molecule has 1 unspecified atom stereocenters. The van der Waals surface area contributed by atoms with Gasteiger partial charge in [0.15, 0.2) is 5.96 Å². The molecule has 2 N–H and O–H groups in total. The topological polar surface area (TPSA) is 62.5 Å². The van der Waals surface area contributed by atoms with E-state index in [1.807, 2.05) is 23.7 Å². The van der Waals surface area contributed by atoms with Gasteiger partial charge in [-0.15, -0.1) is 35.3 Å². The molecule has 2 aromatic heterocycles. The molecule has 0 radical (unpaired) electrons. The molecule has 7 heteroatoms. The van der Waals surface area contributed by atoms with E-state index in [-0.39, 0.29) is 24.0 Å². The first-order chi connectivity index (χ1) is 11.1. The second-order valence-electron chi connectivity index (χ2n) is 5.99. The van der Waals surface area contributed by atoms with Gasteiger partial charge in [0.05, 0.1) is 11.3 Å². The number of nitrogens with one attached hydrogen (secondary N) is 2. The van der Waals surface area contributed by atoms with E-state index in [9.17, 15) is 0 Å². The summed E-state index contributed by atoms with van der Waals surface area (Å²) >= 11 is 1.69. The number of hydrogen-bond acceptors (Lipinski definition) is 4. The van der Waals surface area contributed by atoms with Gasteiger partial charge in [0.2, 0.25) is 0 Å². The molecule has 2 aromatic rings. The standard InChI is InChI=1S/C17H26N4OS.HI/c1-13(2)11-20-17(19-7-6-15-5-4-9-22-15)21-12-14(3)16-18-8-10-23-16;/h4-5,8-10,13-14H,6-7,11-12H2,1-3H3,(H2,19,20,21);1H. The van der Waals surface area contributed by atoms with Crippen LogP contribution < -0.4 is 10.6 Å². The average molecular weight is 462 g/mol. The van der Waals surface area contributed by atoms with Crippen LogP contribution in [-0.4, -0.2) is 30.6 Å². The third-order valence-corrected chi connectivity index (χ3v) is 4.31. The van der Waals surface area contributed by atoms with Gasteiger partial charge in [-0.2, -0.15) is 0 Å². The van der Waals surface area contributed by atoms with Crippen LogP contribution in [0, 0.1) is 5.92 Å². The molecule has 5 nitrogen and oxygen atoms in total. The third-order valence-electron chi connectivity index (χ3n) is 3.31. The molecule has 24 heavy (non-hydrogen) atoms. The predicted octanol–water partition coefficient (Wildman–Crippen LogP) is 3.89. The number of aliphatic imine (C=N–C) groups is 1. The monoisotopic (exact) mass is 462 g/mol. The second-order valence-corrected chi connectivity index (χ2v) is 6.92. The third kappa shape index (κ3) is 7.65. The molecule has 2 heterocycles. The summed E-state index contributed by atoms with van der Waals surface area (Å²) in [7, 11) is 0. The lowest BCUT2D eigenvalue weighted by atomic mass is 10.2. The Labute approximate surface area is 165 Å². The van der Waals surface area contributed by atoms with E-state index >= 15 is 0 Å². The fraction of sp³-hybridized carbons (Fsp3) is 0.529. The molecule has 0 aliphatic rings. The first-order valence-electron chi connectivity index (χ1n) is 8.09. The van der Waals surface area contributed by atoms with Gasteiger partial charge >= 0.3 is 0 Å². The van der Waals surface area contributed by atoms with Crippen LogP contribution in [0.25, 0.3) is 0 Å². The van der Waals surface area contributed by atoms with Crippen LogP contribution >= 0.6 is 35.3 Å². The van der Waals surface area contributed by atoms with E-state index in [0.717, 1.165) is 42.8 Å². The lowest BCUT2D eigenvalue weighted by Crippen LogP contribution is -2.40. The van der Waals surface area contributed by atoms with Crippen molar-refractivity contribution in [1.82, 2.24) is 15.6 Å². The molecule has 0 aliphatic carbocycles. The van der Waals surface area contributed by atoms with Crippen LogP contribution in [-0.2, 0) is 6.42 Å². The number of nitrogens with zero attached hydrogens (tertiary/aromatic N) is 2. The summed E-state index contributed by atoms with van der Waals surface area (Å²) in [4.78, 5) is 9.01. The van der Waals surface area contributed by atoms with Gasteiger partial charge in [0.1, 0.15) is 5.76 Å². The summed E-state index contributed by atoms with van der Waals surface area (Å²) < 4.78 is 5.35. The van der Waals surface area contributed by atoms with Crippen molar-refractivity contribution in [2.45, 2.75) is 33.1 Å². The highest BCUT2D eigenvalue weighted by Gasteiger charge is 2.09. The molecular formula is C17H27IN4OS. The minimum Gasteiger partial charge on any atom is -0.469 e. The highest BCUT2D eigenvalue weighted by molar-refractivity contribution is 14.0. The molecule has 0 spiro atoms. The van der Waals surface area contributed by atoms with E-state index in [1.54, 1.807) is 17.6 Å². The Morgan fingerprint density at radius 2 is 2.17 bits per heavy atom. The molecule has 0 aliphatic heterocycles. The van der Waals surface area contributed by atoms with E-state index < -0.39 is 0 Å². The Bertz CT molecular complexity index is 569. The molecule has 0 saturated carbocycles. The molecule has 0 bridgehead atoms. The summed E-state index contributed by atoms with van der Waals surface area (Å²) in [6.07, 6.45) is 4.40. The normalized spacial score (nSPS) is 12.8. The molecule has 134 valence electrons. The number of aromatic nitrogens is 1. The maximum Gasteiger partial charge on any atom is 0.191 e. The number of furan rings is 1. The quantitative estimate of drug-likeness (QED) is 0.355. The fourth-order valence-corrected chi connectivity index (χ4v) is 2.72. The number of halogens is 1. The van der Waals surface area contributed by atoms with Crippen molar-refractivity contribution in [2.24, 2.45) is 10.9 Å². The van der Waals surface area contributed by atoms with Gasteiger partial charge in [0, 0.05) is 43.5 Å². The van der Waals surface area contributed by atoms with Crippen molar-refractivity contribution in [2.75, 3.05) is 19.6 Å². The first-order valence-corrected chi connectivity index (χ1v) is 8.97. The maximum absolute atomic E-state index is 5.35. The van der Waals surface area contributed by atoms with E-state index in [1.165, 1.54) is 0 Å². The van der Waals surface area contributed by atoms with Gasteiger partial charge in [-0.1, -0.05) is 20.8 Å². The van der Waals surface area contributed by atoms with Crippen LogP contribution in [0.15, 0.2) is 39.4 Å². The Kier molecular flexibility index (Phi) is 10.0. The minimum absolute atomic E-state index is 0. The lowest BCUT2D eigenvalue weighted by molar-refractivity contribution is 0.506. The van der Waals surface area contributed by atoms with Gasteiger partial charge in [-0.05, 0) is 18.1 Å². The minimum atomic E-state index is 0. The zero-order valence-corrected chi connectivity index (χ0v) is 17.6. The van der Waals surface area contributed by atoms with E-state index in [0.29, 0.717) is 11.8 Å². The Morgan fingerprint density at radius 1 is 1.33 bits per heavy atom. The lowest BCUT2D eigenvalue weighted by Gasteiger charge is -2.15. The van der Waals surface area contributed by atoms with E-state index in [4.69, 9.17) is 4.42 Å². The Balaban J connectivity index is 0.00000288. The number of rotatable bonds is 8. The average Bonchev–Trinajstić information content (AvgIpc) is 3.21. The zero-order valence-electron chi connectivity index (χ0n) is 14.5. The van der Waals surface area contributed by atoms with Crippen LogP contribution in [0.2, 0.25) is 0 Å².